The Hall–Kier alpha value is -2.53. The third-order valence-corrected chi connectivity index (χ3v) is 5.19. The number of amides is 1. The highest BCUT2D eigenvalue weighted by atomic mass is 35.5. The number of halogens is 1. The molecule has 0 unspecified atom stereocenters. The van der Waals surface area contributed by atoms with E-state index in [4.69, 9.17) is 21.1 Å². The van der Waals surface area contributed by atoms with Crippen LogP contribution in [0.5, 0.6) is 5.75 Å². The second-order valence-corrected chi connectivity index (χ2v) is 9.11. The lowest BCUT2D eigenvalue weighted by molar-refractivity contribution is -0.158. The highest BCUT2D eigenvalue weighted by Gasteiger charge is 2.31. The molecule has 168 valence electrons. The van der Waals surface area contributed by atoms with E-state index in [1.165, 1.54) is 0 Å². The Bertz CT molecular complexity index is 873. The van der Waals surface area contributed by atoms with Gasteiger partial charge in [0, 0.05) is 17.0 Å². The van der Waals surface area contributed by atoms with Crippen LogP contribution in [0.25, 0.3) is 0 Å². The van der Waals surface area contributed by atoms with Gasteiger partial charge in [-0.1, -0.05) is 49.7 Å². The fourth-order valence-electron chi connectivity index (χ4n) is 3.12. The molecule has 0 aromatic heterocycles. The summed E-state index contributed by atoms with van der Waals surface area (Å²) in [6.07, 6.45) is 1.34. The lowest BCUT2D eigenvalue weighted by Gasteiger charge is -2.24. The Morgan fingerprint density at radius 3 is 2.10 bits per heavy atom. The number of nitrogens with one attached hydrogen (secondary N) is 1. The molecule has 0 heterocycles. The zero-order valence-corrected chi connectivity index (χ0v) is 19.7. The molecule has 0 aliphatic rings. The summed E-state index contributed by atoms with van der Waals surface area (Å²) >= 11 is 5.93. The van der Waals surface area contributed by atoms with Gasteiger partial charge in [-0.15, -0.1) is 0 Å². The molecule has 0 saturated heterocycles. The van der Waals surface area contributed by atoms with Crippen LogP contribution in [0.1, 0.15) is 45.7 Å². The van der Waals surface area contributed by atoms with Gasteiger partial charge in [0.1, 0.15) is 5.75 Å². The zero-order valence-electron chi connectivity index (χ0n) is 19.0. The van der Waals surface area contributed by atoms with E-state index in [1.807, 2.05) is 62.4 Å². The number of esters is 1. The highest BCUT2D eigenvalue weighted by molar-refractivity contribution is 6.30. The summed E-state index contributed by atoms with van der Waals surface area (Å²) in [5.74, 6) is 0.205. The van der Waals surface area contributed by atoms with Crippen LogP contribution in [-0.4, -0.2) is 30.6 Å². The van der Waals surface area contributed by atoms with Gasteiger partial charge in [-0.3, -0.25) is 4.79 Å². The first kappa shape index (κ1) is 24.7. The van der Waals surface area contributed by atoms with Gasteiger partial charge in [-0.05, 0) is 69.0 Å². The maximum absolute atomic E-state index is 12.7. The molecular weight excluding hydrogens is 414 g/mol. The second-order valence-electron chi connectivity index (χ2n) is 8.67. The van der Waals surface area contributed by atoms with Crippen molar-refractivity contribution in [1.29, 1.82) is 0 Å². The van der Waals surface area contributed by atoms with Crippen molar-refractivity contribution in [3.05, 3.63) is 64.7 Å². The first-order valence-corrected chi connectivity index (χ1v) is 10.9. The smallest absolute Gasteiger partial charge is 0.349 e. The van der Waals surface area contributed by atoms with Crippen LogP contribution >= 0.6 is 11.6 Å². The minimum Gasteiger partial charge on any atom is -0.476 e. The summed E-state index contributed by atoms with van der Waals surface area (Å²) in [5, 5.41) is 3.71. The summed E-state index contributed by atoms with van der Waals surface area (Å²) in [6, 6.07) is 15.1. The van der Waals surface area contributed by atoms with E-state index in [0.29, 0.717) is 36.8 Å². The number of carbonyl (C=O) groups is 2. The first-order chi connectivity index (χ1) is 14.5. The number of benzene rings is 2. The van der Waals surface area contributed by atoms with Crippen molar-refractivity contribution in [2.75, 3.05) is 13.2 Å². The molecule has 31 heavy (non-hydrogen) atoms. The number of ether oxygens (including phenoxy) is 2. The van der Waals surface area contributed by atoms with E-state index >= 15 is 0 Å². The molecule has 1 amide bonds. The summed E-state index contributed by atoms with van der Waals surface area (Å²) in [5.41, 5.74) is 0.564. The van der Waals surface area contributed by atoms with Crippen LogP contribution in [-0.2, 0) is 27.2 Å². The van der Waals surface area contributed by atoms with Crippen molar-refractivity contribution < 1.29 is 19.1 Å². The summed E-state index contributed by atoms with van der Waals surface area (Å²) in [7, 11) is 0. The molecule has 6 heteroatoms. The number of hydrogen-bond donors (Lipinski definition) is 1. The van der Waals surface area contributed by atoms with Crippen LogP contribution < -0.4 is 10.1 Å². The van der Waals surface area contributed by atoms with Gasteiger partial charge in [-0.25, -0.2) is 4.79 Å². The van der Waals surface area contributed by atoms with Gasteiger partial charge in [0.25, 0.3) is 0 Å². The van der Waals surface area contributed by atoms with E-state index < -0.39 is 17.0 Å². The number of rotatable bonds is 10. The van der Waals surface area contributed by atoms with Crippen LogP contribution in [0.4, 0.5) is 0 Å². The average Bonchev–Trinajstić information content (AvgIpc) is 2.70. The Kier molecular flexibility index (Phi) is 8.52. The zero-order chi connectivity index (χ0) is 23.1. The minimum absolute atomic E-state index is 0.0126. The van der Waals surface area contributed by atoms with Crippen molar-refractivity contribution >= 4 is 23.5 Å². The van der Waals surface area contributed by atoms with Crippen LogP contribution in [0.15, 0.2) is 48.5 Å². The standard InChI is InChI=1S/C25H32ClNO4/c1-6-30-23(29)25(4,5)31-21-13-9-18(10-14-21)15-16-27-22(28)24(2,3)17-19-7-11-20(26)12-8-19/h7-14H,6,15-17H2,1-5H3,(H,27,28). The minimum atomic E-state index is -1.05. The SMILES string of the molecule is CCOC(=O)C(C)(C)Oc1ccc(CCNC(=O)C(C)(C)Cc2ccc(Cl)cc2)cc1. The maximum atomic E-state index is 12.7. The highest BCUT2D eigenvalue weighted by Crippen LogP contribution is 2.24. The molecule has 2 aromatic rings. The van der Waals surface area contributed by atoms with Gasteiger partial charge < -0.3 is 14.8 Å². The van der Waals surface area contributed by atoms with E-state index in [0.717, 1.165) is 11.1 Å². The van der Waals surface area contributed by atoms with Gasteiger partial charge in [0.15, 0.2) is 5.60 Å². The van der Waals surface area contributed by atoms with E-state index in [9.17, 15) is 9.59 Å². The second kappa shape index (κ2) is 10.7. The molecule has 0 bridgehead atoms. The molecule has 0 saturated carbocycles. The lowest BCUT2D eigenvalue weighted by Crippen LogP contribution is -2.39. The predicted octanol–water partition coefficient (Wildman–Crippen LogP) is 4.99. The molecular formula is C25H32ClNO4. The largest absolute Gasteiger partial charge is 0.476 e. The van der Waals surface area contributed by atoms with Crippen molar-refractivity contribution in [2.24, 2.45) is 5.41 Å². The van der Waals surface area contributed by atoms with Crippen LogP contribution in [0.3, 0.4) is 0 Å². The molecule has 0 fully saturated rings. The quantitative estimate of drug-likeness (QED) is 0.523. The Balaban J connectivity index is 1.84. The van der Waals surface area contributed by atoms with E-state index in [-0.39, 0.29) is 5.91 Å². The van der Waals surface area contributed by atoms with Gasteiger partial charge in [0.05, 0.1) is 6.61 Å². The third kappa shape index (κ3) is 7.59. The van der Waals surface area contributed by atoms with Crippen molar-refractivity contribution in [1.82, 2.24) is 5.32 Å². The monoisotopic (exact) mass is 445 g/mol. The fraction of sp³-hybridized carbons (Fsp3) is 0.440. The van der Waals surface area contributed by atoms with E-state index in [2.05, 4.69) is 5.32 Å². The van der Waals surface area contributed by atoms with Crippen molar-refractivity contribution in [3.63, 3.8) is 0 Å². The molecule has 1 N–H and O–H groups in total. The number of hydrogen-bond acceptors (Lipinski definition) is 4. The average molecular weight is 446 g/mol. The Labute approximate surface area is 190 Å². The van der Waals surface area contributed by atoms with Crippen molar-refractivity contribution in [3.8, 4) is 5.75 Å². The molecule has 0 atom stereocenters. The predicted molar refractivity (Wildman–Crippen MR) is 123 cm³/mol. The Morgan fingerprint density at radius 2 is 1.52 bits per heavy atom. The lowest BCUT2D eigenvalue weighted by atomic mass is 9.85. The van der Waals surface area contributed by atoms with E-state index in [1.54, 1.807) is 20.8 Å². The van der Waals surface area contributed by atoms with Gasteiger partial charge >= 0.3 is 5.97 Å². The maximum Gasteiger partial charge on any atom is 0.349 e. The molecule has 2 aromatic carbocycles. The topological polar surface area (TPSA) is 64.6 Å². The molecule has 5 nitrogen and oxygen atoms in total. The molecule has 2 rings (SSSR count). The summed E-state index contributed by atoms with van der Waals surface area (Å²) < 4.78 is 10.8. The van der Waals surface area contributed by atoms with Crippen LogP contribution in [0, 0.1) is 5.41 Å². The summed E-state index contributed by atoms with van der Waals surface area (Å²) in [4.78, 5) is 24.6. The summed E-state index contributed by atoms with van der Waals surface area (Å²) in [6.45, 7) is 9.85. The van der Waals surface area contributed by atoms with Crippen molar-refractivity contribution in [2.45, 2.75) is 53.1 Å². The van der Waals surface area contributed by atoms with Gasteiger partial charge in [-0.2, -0.15) is 0 Å². The Morgan fingerprint density at radius 1 is 0.935 bits per heavy atom. The third-order valence-electron chi connectivity index (χ3n) is 4.94. The molecule has 0 aliphatic carbocycles. The number of carbonyl (C=O) groups excluding carboxylic acids is 2. The first-order valence-electron chi connectivity index (χ1n) is 10.5. The normalized spacial score (nSPS) is 11.7. The van der Waals surface area contributed by atoms with Crippen LogP contribution in [0.2, 0.25) is 5.02 Å². The van der Waals surface area contributed by atoms with Gasteiger partial charge in [0.2, 0.25) is 5.91 Å². The molecule has 0 aliphatic heterocycles. The molecule has 0 spiro atoms. The molecule has 0 radical (unpaired) electrons. The fourth-order valence-corrected chi connectivity index (χ4v) is 3.24.